The van der Waals surface area contributed by atoms with E-state index in [-0.39, 0.29) is 36.9 Å². The highest BCUT2D eigenvalue weighted by molar-refractivity contribution is 6.36. The van der Waals surface area contributed by atoms with Crippen molar-refractivity contribution in [1.82, 2.24) is 4.90 Å². The number of rotatable bonds is 7. The fourth-order valence-electron chi connectivity index (χ4n) is 2.76. The van der Waals surface area contributed by atoms with Crippen LogP contribution in [0.5, 0.6) is 0 Å². The van der Waals surface area contributed by atoms with Crippen molar-refractivity contribution >= 4 is 53.1 Å². The van der Waals surface area contributed by atoms with Crippen LogP contribution in [-0.4, -0.2) is 48.6 Å². The third-order valence-electron chi connectivity index (χ3n) is 3.99. The van der Waals surface area contributed by atoms with Crippen molar-refractivity contribution in [2.24, 2.45) is 5.73 Å². The van der Waals surface area contributed by atoms with E-state index in [9.17, 15) is 9.59 Å². The van der Waals surface area contributed by atoms with Gasteiger partial charge in [-0.25, -0.2) is 0 Å². The molecule has 0 bridgehead atoms. The third-order valence-corrected chi connectivity index (χ3v) is 4.54. The van der Waals surface area contributed by atoms with Crippen LogP contribution in [0.2, 0.25) is 10.0 Å². The van der Waals surface area contributed by atoms with Gasteiger partial charge in [-0.05, 0) is 37.5 Å². The number of ether oxygens (including phenoxy) is 1. The van der Waals surface area contributed by atoms with Gasteiger partial charge in [-0.3, -0.25) is 9.59 Å². The van der Waals surface area contributed by atoms with Gasteiger partial charge >= 0.3 is 0 Å². The Kier molecular flexibility index (Phi) is 9.68. The molecule has 0 unspecified atom stereocenters. The lowest BCUT2D eigenvalue weighted by Crippen LogP contribution is -2.44. The van der Waals surface area contributed by atoms with Crippen LogP contribution >= 0.6 is 35.6 Å². The lowest BCUT2D eigenvalue weighted by molar-refractivity contribution is -0.144. The molecule has 0 spiro atoms. The molecule has 0 aromatic heterocycles. The molecule has 1 aliphatic rings. The fraction of sp³-hybridized carbons (Fsp3) is 0.529. The summed E-state index contributed by atoms with van der Waals surface area (Å²) >= 11 is 11.9. The lowest BCUT2D eigenvalue weighted by Gasteiger charge is -2.25. The normalized spacial score (nSPS) is 18.9. The number of carbonyl (C=O) groups excluding carboxylic acids is 2. The summed E-state index contributed by atoms with van der Waals surface area (Å²) in [5, 5.41) is 3.54. The van der Waals surface area contributed by atoms with E-state index in [0.29, 0.717) is 35.2 Å². The van der Waals surface area contributed by atoms with Crippen LogP contribution in [0, 0.1) is 0 Å². The van der Waals surface area contributed by atoms with Crippen LogP contribution in [0.25, 0.3) is 0 Å². The molecule has 1 heterocycles. The molecule has 2 rings (SSSR count). The third kappa shape index (κ3) is 6.28. The predicted octanol–water partition coefficient (Wildman–Crippen LogP) is 3.10. The van der Waals surface area contributed by atoms with Gasteiger partial charge in [0, 0.05) is 18.1 Å². The first kappa shape index (κ1) is 23.0. The van der Waals surface area contributed by atoms with Crippen molar-refractivity contribution in [2.45, 2.75) is 38.4 Å². The summed E-state index contributed by atoms with van der Waals surface area (Å²) in [5.41, 5.74) is 6.05. The molecule has 9 heteroatoms. The number of amides is 2. The van der Waals surface area contributed by atoms with Crippen molar-refractivity contribution < 1.29 is 14.3 Å². The number of hydrogen-bond acceptors (Lipinski definition) is 4. The Hall–Kier alpha value is -1.05. The summed E-state index contributed by atoms with van der Waals surface area (Å²) < 4.78 is 5.65. The average Bonchev–Trinajstić information content (AvgIpc) is 3.05. The number of benzene rings is 1. The van der Waals surface area contributed by atoms with Gasteiger partial charge in [0.25, 0.3) is 5.91 Å². The van der Waals surface area contributed by atoms with E-state index >= 15 is 0 Å². The molecule has 1 aromatic carbocycles. The Morgan fingerprint density at radius 1 is 1.35 bits per heavy atom. The van der Waals surface area contributed by atoms with Gasteiger partial charge in [-0.1, -0.05) is 30.1 Å². The maximum absolute atomic E-state index is 12.6. The van der Waals surface area contributed by atoms with E-state index in [1.165, 1.54) is 4.90 Å². The van der Waals surface area contributed by atoms with Gasteiger partial charge in [0.1, 0.15) is 6.10 Å². The fourth-order valence-corrected chi connectivity index (χ4v) is 3.21. The molecule has 2 amide bonds. The minimum absolute atomic E-state index is 0. The van der Waals surface area contributed by atoms with Crippen LogP contribution in [0.1, 0.15) is 26.2 Å². The number of nitrogens with one attached hydrogen (secondary N) is 1. The van der Waals surface area contributed by atoms with Crippen molar-refractivity contribution in [2.75, 3.05) is 25.0 Å². The molecule has 1 fully saturated rings. The summed E-state index contributed by atoms with van der Waals surface area (Å²) in [7, 11) is 0. The summed E-state index contributed by atoms with van der Waals surface area (Å²) in [5.74, 6) is -0.491. The monoisotopic (exact) mass is 423 g/mol. The van der Waals surface area contributed by atoms with E-state index in [4.69, 9.17) is 33.7 Å². The minimum Gasteiger partial charge on any atom is -0.364 e. The Morgan fingerprint density at radius 2 is 2.08 bits per heavy atom. The molecule has 2 atom stereocenters. The highest BCUT2D eigenvalue weighted by atomic mass is 35.5. The molecule has 1 aliphatic heterocycles. The molecule has 0 radical (unpaired) electrons. The van der Waals surface area contributed by atoms with Gasteiger partial charge < -0.3 is 20.7 Å². The van der Waals surface area contributed by atoms with Crippen molar-refractivity contribution in [3.63, 3.8) is 0 Å². The summed E-state index contributed by atoms with van der Waals surface area (Å²) in [6.07, 6.45) is 1.53. The molecule has 6 nitrogen and oxygen atoms in total. The maximum Gasteiger partial charge on any atom is 0.252 e. The second-order valence-electron chi connectivity index (χ2n) is 5.99. The molecule has 26 heavy (non-hydrogen) atoms. The highest BCUT2D eigenvalue weighted by Gasteiger charge is 2.33. The Balaban J connectivity index is 0.00000338. The van der Waals surface area contributed by atoms with Gasteiger partial charge in [0.2, 0.25) is 5.91 Å². The number of nitrogens with two attached hydrogens (primary N) is 1. The highest BCUT2D eigenvalue weighted by Crippen LogP contribution is 2.25. The molecule has 1 aromatic rings. The quantitative estimate of drug-likeness (QED) is 0.704. The summed E-state index contributed by atoms with van der Waals surface area (Å²) in [4.78, 5) is 26.5. The first-order chi connectivity index (χ1) is 11.9. The summed E-state index contributed by atoms with van der Waals surface area (Å²) in [6, 6.07) is 4.81. The van der Waals surface area contributed by atoms with Gasteiger partial charge in [-0.15, -0.1) is 12.4 Å². The largest absolute Gasteiger partial charge is 0.364 e. The first-order valence-electron chi connectivity index (χ1n) is 8.33. The number of anilines is 1. The van der Waals surface area contributed by atoms with Crippen LogP contribution in [0.3, 0.4) is 0 Å². The van der Waals surface area contributed by atoms with Crippen LogP contribution in [0.4, 0.5) is 5.69 Å². The number of nitrogens with zero attached hydrogens (tertiary/aromatic N) is 1. The SMILES string of the molecule is CCCN(CC(=O)Nc1ccc(Cl)cc1Cl)C(=O)[C@@H]1CC[C@H](CN)O1.Cl. The molecule has 0 saturated carbocycles. The van der Waals surface area contributed by atoms with E-state index in [1.807, 2.05) is 6.92 Å². The van der Waals surface area contributed by atoms with E-state index < -0.39 is 6.10 Å². The zero-order chi connectivity index (χ0) is 18.4. The summed E-state index contributed by atoms with van der Waals surface area (Å²) in [6.45, 7) is 2.77. The molecular formula is C17H24Cl3N3O3. The van der Waals surface area contributed by atoms with E-state index in [2.05, 4.69) is 5.32 Å². The second kappa shape index (κ2) is 10.9. The molecule has 3 N–H and O–H groups in total. The van der Waals surface area contributed by atoms with Gasteiger partial charge in [0.05, 0.1) is 23.4 Å². The molecule has 0 aliphatic carbocycles. The smallest absolute Gasteiger partial charge is 0.252 e. The van der Waals surface area contributed by atoms with Crippen LogP contribution < -0.4 is 11.1 Å². The Bertz CT molecular complexity index is 631. The zero-order valence-electron chi connectivity index (χ0n) is 14.5. The van der Waals surface area contributed by atoms with Gasteiger partial charge in [-0.2, -0.15) is 0 Å². The van der Waals surface area contributed by atoms with Crippen molar-refractivity contribution in [3.05, 3.63) is 28.2 Å². The van der Waals surface area contributed by atoms with Crippen molar-refractivity contribution in [1.29, 1.82) is 0 Å². The number of hydrogen-bond donors (Lipinski definition) is 2. The van der Waals surface area contributed by atoms with Crippen molar-refractivity contribution in [3.8, 4) is 0 Å². The molecule has 146 valence electrons. The second-order valence-corrected chi connectivity index (χ2v) is 6.84. The number of halogens is 3. The Morgan fingerprint density at radius 3 is 2.65 bits per heavy atom. The first-order valence-corrected chi connectivity index (χ1v) is 9.09. The Labute approximate surface area is 169 Å². The minimum atomic E-state index is -0.521. The standard InChI is InChI=1S/C17H23Cl2N3O3.ClH/c1-2-7-22(17(24)15-6-4-12(9-20)25-15)10-16(23)21-14-5-3-11(18)8-13(14)19;/h3,5,8,12,15H,2,4,6-7,9-10,20H2,1H3,(H,21,23);1H/t12-,15+;/m1./s1. The predicted molar refractivity (Wildman–Crippen MR) is 106 cm³/mol. The molecular weight excluding hydrogens is 401 g/mol. The number of carbonyl (C=O) groups is 2. The molecule has 1 saturated heterocycles. The van der Waals surface area contributed by atoms with E-state index in [1.54, 1.807) is 18.2 Å². The zero-order valence-corrected chi connectivity index (χ0v) is 16.9. The average molecular weight is 425 g/mol. The van der Waals surface area contributed by atoms with E-state index in [0.717, 1.165) is 12.8 Å². The topological polar surface area (TPSA) is 84.7 Å². The lowest BCUT2D eigenvalue weighted by atomic mass is 10.1. The van der Waals surface area contributed by atoms with Crippen LogP contribution in [-0.2, 0) is 14.3 Å². The maximum atomic E-state index is 12.6. The van der Waals surface area contributed by atoms with Crippen LogP contribution in [0.15, 0.2) is 18.2 Å². The van der Waals surface area contributed by atoms with Gasteiger partial charge in [0.15, 0.2) is 0 Å².